The molecule has 4 heteroatoms. The van der Waals surface area contributed by atoms with Gasteiger partial charge in [0, 0.05) is 23.6 Å². The van der Waals surface area contributed by atoms with Gasteiger partial charge in [-0.2, -0.15) is 0 Å². The lowest BCUT2D eigenvalue weighted by molar-refractivity contribution is 0.0727. The molecule has 1 aliphatic rings. The summed E-state index contributed by atoms with van der Waals surface area (Å²) in [5.41, 5.74) is 6.21. The average Bonchev–Trinajstić information content (AvgIpc) is 3.21. The van der Waals surface area contributed by atoms with E-state index in [0.29, 0.717) is 5.69 Å². The molecule has 128 valence electrons. The summed E-state index contributed by atoms with van der Waals surface area (Å²) in [5, 5.41) is 1.15. The van der Waals surface area contributed by atoms with Gasteiger partial charge in [0.05, 0.1) is 11.7 Å². The molecule has 1 aliphatic heterocycles. The van der Waals surface area contributed by atoms with E-state index in [-0.39, 0.29) is 11.9 Å². The van der Waals surface area contributed by atoms with Crippen molar-refractivity contribution in [2.24, 2.45) is 0 Å². The molecule has 0 bridgehead atoms. The molecule has 3 heterocycles. The zero-order valence-electron chi connectivity index (χ0n) is 15.0. The molecule has 0 spiro atoms. The smallest absolute Gasteiger partial charge is 0.271 e. The Morgan fingerprint density at radius 1 is 1.24 bits per heavy atom. The molecular formula is C21H23N3O. The van der Waals surface area contributed by atoms with Crippen LogP contribution in [-0.2, 0) is 0 Å². The van der Waals surface area contributed by atoms with Crippen LogP contribution < -0.4 is 0 Å². The lowest BCUT2D eigenvalue weighted by Crippen LogP contribution is -2.31. The van der Waals surface area contributed by atoms with Gasteiger partial charge in [0.2, 0.25) is 0 Å². The van der Waals surface area contributed by atoms with Gasteiger partial charge < -0.3 is 9.88 Å². The van der Waals surface area contributed by atoms with Gasteiger partial charge in [-0.15, -0.1) is 0 Å². The van der Waals surface area contributed by atoms with E-state index in [1.165, 1.54) is 11.1 Å². The first-order chi connectivity index (χ1) is 12.1. The maximum atomic E-state index is 13.3. The van der Waals surface area contributed by atoms with Gasteiger partial charge in [-0.05, 0) is 62.9 Å². The van der Waals surface area contributed by atoms with E-state index in [1.54, 1.807) is 6.20 Å². The number of carbonyl (C=O) groups is 1. The Labute approximate surface area is 147 Å². The van der Waals surface area contributed by atoms with E-state index >= 15 is 0 Å². The van der Waals surface area contributed by atoms with Crippen molar-refractivity contribution in [2.45, 2.75) is 39.7 Å². The molecule has 3 aromatic rings. The zero-order valence-corrected chi connectivity index (χ0v) is 15.0. The van der Waals surface area contributed by atoms with Crippen molar-refractivity contribution in [3.63, 3.8) is 0 Å². The maximum Gasteiger partial charge on any atom is 0.271 e. The third-order valence-corrected chi connectivity index (χ3v) is 5.27. The summed E-state index contributed by atoms with van der Waals surface area (Å²) in [6.07, 6.45) is 3.79. The molecular weight excluding hydrogens is 310 g/mol. The molecule has 0 aliphatic carbocycles. The van der Waals surface area contributed by atoms with E-state index in [1.807, 2.05) is 30.0 Å². The molecule has 1 fully saturated rings. The number of nitrogens with one attached hydrogen (secondary N) is 1. The van der Waals surface area contributed by atoms with Crippen LogP contribution in [0.5, 0.6) is 0 Å². The fourth-order valence-electron chi connectivity index (χ4n) is 4.03. The predicted molar refractivity (Wildman–Crippen MR) is 99.8 cm³/mol. The van der Waals surface area contributed by atoms with Gasteiger partial charge in [-0.3, -0.25) is 9.78 Å². The molecule has 1 atom stereocenters. The summed E-state index contributed by atoms with van der Waals surface area (Å²) in [6, 6.07) is 10.3. The van der Waals surface area contributed by atoms with Crippen molar-refractivity contribution in [3.8, 4) is 0 Å². The van der Waals surface area contributed by atoms with Crippen molar-refractivity contribution < 1.29 is 4.79 Å². The first-order valence-electron chi connectivity index (χ1n) is 8.87. The SMILES string of the molecule is Cc1cc(C)c2[nH]c(C(=O)N3CCCC3c3ccccn3)c(C)c2c1. The van der Waals surface area contributed by atoms with Gasteiger partial charge in [0.15, 0.2) is 0 Å². The number of nitrogens with zero attached hydrogens (tertiary/aromatic N) is 2. The number of aromatic amines is 1. The number of aromatic nitrogens is 2. The molecule has 1 N–H and O–H groups in total. The van der Waals surface area contributed by atoms with E-state index in [4.69, 9.17) is 0 Å². The minimum absolute atomic E-state index is 0.0716. The van der Waals surface area contributed by atoms with Crippen molar-refractivity contribution in [2.75, 3.05) is 6.54 Å². The Balaban J connectivity index is 1.75. The van der Waals surface area contributed by atoms with Crippen LogP contribution >= 0.6 is 0 Å². The standard InChI is InChI=1S/C21H23N3O/c1-13-11-14(2)19-16(12-13)15(3)20(23-19)21(25)24-10-6-8-18(24)17-7-4-5-9-22-17/h4-5,7,9,11-12,18,23H,6,8,10H2,1-3H3. The summed E-state index contributed by atoms with van der Waals surface area (Å²) in [6.45, 7) is 7.01. The van der Waals surface area contributed by atoms with Crippen LogP contribution in [0.25, 0.3) is 10.9 Å². The zero-order chi connectivity index (χ0) is 17.6. The minimum atomic E-state index is 0.0716. The number of carbonyl (C=O) groups excluding carboxylic acids is 1. The van der Waals surface area contributed by atoms with E-state index in [9.17, 15) is 4.79 Å². The molecule has 25 heavy (non-hydrogen) atoms. The second-order valence-corrected chi connectivity index (χ2v) is 7.04. The Morgan fingerprint density at radius 2 is 2.08 bits per heavy atom. The number of hydrogen-bond acceptors (Lipinski definition) is 2. The number of hydrogen-bond donors (Lipinski definition) is 1. The number of aryl methyl sites for hydroxylation is 3. The second-order valence-electron chi connectivity index (χ2n) is 7.04. The van der Waals surface area contributed by atoms with Gasteiger partial charge in [0.25, 0.3) is 5.91 Å². The second kappa shape index (κ2) is 6.03. The summed E-state index contributed by atoms with van der Waals surface area (Å²) in [5.74, 6) is 0.0823. The van der Waals surface area contributed by atoms with Crippen molar-refractivity contribution in [3.05, 3.63) is 64.6 Å². The number of pyridine rings is 1. The van der Waals surface area contributed by atoms with Gasteiger partial charge in [-0.25, -0.2) is 0 Å². The summed E-state index contributed by atoms with van der Waals surface area (Å²) < 4.78 is 0. The Kier molecular flexibility index (Phi) is 3.83. The third kappa shape index (κ3) is 2.62. The summed E-state index contributed by atoms with van der Waals surface area (Å²) >= 11 is 0. The molecule has 4 rings (SSSR count). The molecule has 1 unspecified atom stereocenters. The quantitative estimate of drug-likeness (QED) is 0.752. The highest BCUT2D eigenvalue weighted by Gasteiger charge is 2.33. The van der Waals surface area contributed by atoms with Crippen LogP contribution in [0.3, 0.4) is 0 Å². The highest BCUT2D eigenvalue weighted by atomic mass is 16.2. The molecule has 1 saturated heterocycles. The van der Waals surface area contributed by atoms with Crippen molar-refractivity contribution in [1.29, 1.82) is 0 Å². The van der Waals surface area contributed by atoms with Gasteiger partial charge in [-0.1, -0.05) is 17.7 Å². The molecule has 0 radical (unpaired) electrons. The molecule has 4 nitrogen and oxygen atoms in total. The number of amides is 1. The van der Waals surface area contributed by atoms with Crippen molar-refractivity contribution in [1.82, 2.24) is 14.9 Å². The monoisotopic (exact) mass is 333 g/mol. The first-order valence-corrected chi connectivity index (χ1v) is 8.87. The molecule has 2 aromatic heterocycles. The Hall–Kier alpha value is -2.62. The fourth-order valence-corrected chi connectivity index (χ4v) is 4.03. The van der Waals surface area contributed by atoms with Crippen LogP contribution in [0.15, 0.2) is 36.5 Å². The van der Waals surface area contributed by atoms with Crippen LogP contribution in [0, 0.1) is 20.8 Å². The number of H-pyrrole nitrogens is 1. The molecule has 1 aromatic carbocycles. The summed E-state index contributed by atoms with van der Waals surface area (Å²) in [4.78, 5) is 23.1. The predicted octanol–water partition coefficient (Wildman–Crippen LogP) is 4.47. The van der Waals surface area contributed by atoms with E-state index in [0.717, 1.165) is 41.5 Å². The van der Waals surface area contributed by atoms with Crippen LogP contribution in [0.4, 0.5) is 0 Å². The minimum Gasteiger partial charge on any atom is -0.350 e. The van der Waals surface area contributed by atoms with Crippen LogP contribution in [0.1, 0.15) is 51.8 Å². The lowest BCUT2D eigenvalue weighted by atomic mass is 10.1. The average molecular weight is 333 g/mol. The van der Waals surface area contributed by atoms with Gasteiger partial charge >= 0.3 is 0 Å². The molecule has 1 amide bonds. The van der Waals surface area contributed by atoms with Crippen molar-refractivity contribution >= 4 is 16.8 Å². The Bertz CT molecular complexity index is 943. The highest BCUT2D eigenvalue weighted by Crippen LogP contribution is 2.34. The van der Waals surface area contributed by atoms with Crippen LogP contribution in [-0.4, -0.2) is 27.3 Å². The largest absolute Gasteiger partial charge is 0.350 e. The first kappa shape index (κ1) is 15.9. The lowest BCUT2D eigenvalue weighted by Gasteiger charge is -2.24. The van der Waals surface area contributed by atoms with Crippen LogP contribution in [0.2, 0.25) is 0 Å². The summed E-state index contributed by atoms with van der Waals surface area (Å²) in [7, 11) is 0. The maximum absolute atomic E-state index is 13.3. The molecule has 0 saturated carbocycles. The Morgan fingerprint density at radius 3 is 2.84 bits per heavy atom. The normalized spacial score (nSPS) is 17.4. The number of likely N-dealkylation sites (tertiary alicyclic amines) is 1. The van der Waals surface area contributed by atoms with Gasteiger partial charge in [0.1, 0.15) is 5.69 Å². The topological polar surface area (TPSA) is 49.0 Å². The highest BCUT2D eigenvalue weighted by molar-refractivity contribution is 6.02. The number of fused-ring (bicyclic) bond motifs is 1. The number of rotatable bonds is 2. The van der Waals surface area contributed by atoms with E-state index < -0.39 is 0 Å². The number of benzene rings is 1. The third-order valence-electron chi connectivity index (χ3n) is 5.27. The fraction of sp³-hybridized carbons (Fsp3) is 0.333. The van der Waals surface area contributed by atoms with E-state index in [2.05, 4.69) is 35.9 Å².